The summed E-state index contributed by atoms with van der Waals surface area (Å²) < 4.78 is 0. The molecule has 0 aliphatic carbocycles. The van der Waals surface area contributed by atoms with Gasteiger partial charge < -0.3 is 11.5 Å². The number of nitrogens with zero attached hydrogens (tertiary/aromatic N) is 1. The number of anilines is 1. The van der Waals surface area contributed by atoms with Crippen LogP contribution in [0.15, 0.2) is 48.5 Å². The topological polar surface area (TPSA) is 72.3 Å². The number of rotatable bonds is 5. The van der Waals surface area contributed by atoms with Gasteiger partial charge in [0.1, 0.15) is 0 Å². The lowest BCUT2D eigenvalue weighted by atomic mass is 10.1. The number of nitrogens with two attached hydrogens (primary N) is 2. The van der Waals surface area contributed by atoms with E-state index in [9.17, 15) is 4.79 Å². The molecule has 0 aromatic heterocycles. The first-order chi connectivity index (χ1) is 9.58. The summed E-state index contributed by atoms with van der Waals surface area (Å²) >= 11 is 0. The summed E-state index contributed by atoms with van der Waals surface area (Å²) in [6.45, 7) is 1.37. The summed E-state index contributed by atoms with van der Waals surface area (Å²) in [4.78, 5) is 13.5. The van der Waals surface area contributed by atoms with E-state index in [1.807, 2.05) is 49.5 Å². The molecule has 0 aliphatic rings. The lowest BCUT2D eigenvalue weighted by molar-refractivity contribution is 0.0998. The summed E-state index contributed by atoms with van der Waals surface area (Å²) in [5.41, 5.74) is 14.7. The minimum Gasteiger partial charge on any atom is -0.398 e. The molecule has 0 radical (unpaired) electrons. The molecule has 0 fully saturated rings. The van der Waals surface area contributed by atoms with Gasteiger partial charge in [-0.05, 0) is 30.3 Å². The zero-order chi connectivity index (χ0) is 14.5. The van der Waals surface area contributed by atoms with Crippen LogP contribution in [0.5, 0.6) is 0 Å². The maximum Gasteiger partial charge on any atom is 0.249 e. The molecule has 104 valence electrons. The second-order valence-electron chi connectivity index (χ2n) is 4.89. The highest BCUT2D eigenvalue weighted by Crippen LogP contribution is 2.16. The van der Waals surface area contributed by atoms with Crippen molar-refractivity contribution in [3.63, 3.8) is 0 Å². The van der Waals surface area contributed by atoms with Crippen LogP contribution >= 0.6 is 0 Å². The van der Waals surface area contributed by atoms with Crippen LogP contribution in [-0.2, 0) is 13.1 Å². The van der Waals surface area contributed by atoms with Gasteiger partial charge in [0, 0.05) is 24.3 Å². The van der Waals surface area contributed by atoms with Gasteiger partial charge >= 0.3 is 0 Å². The minimum absolute atomic E-state index is 0.395. The first-order valence-corrected chi connectivity index (χ1v) is 6.47. The number of hydrogen-bond donors (Lipinski definition) is 2. The van der Waals surface area contributed by atoms with E-state index in [0.29, 0.717) is 12.1 Å². The molecule has 4 nitrogen and oxygen atoms in total. The average molecular weight is 269 g/mol. The van der Waals surface area contributed by atoms with Crippen LogP contribution in [0.3, 0.4) is 0 Å². The van der Waals surface area contributed by atoms with Gasteiger partial charge in [-0.2, -0.15) is 0 Å². The third-order valence-corrected chi connectivity index (χ3v) is 3.22. The Balaban J connectivity index is 2.11. The SMILES string of the molecule is CN(Cc1ccccc1N)Cc1ccccc1C(N)=O. The van der Waals surface area contributed by atoms with E-state index in [1.165, 1.54) is 0 Å². The number of carbonyl (C=O) groups is 1. The summed E-state index contributed by atoms with van der Waals surface area (Å²) in [6.07, 6.45) is 0. The normalized spacial score (nSPS) is 10.7. The quantitative estimate of drug-likeness (QED) is 0.815. The number of carbonyl (C=O) groups excluding carboxylic acids is 1. The summed E-state index contributed by atoms with van der Waals surface area (Å²) in [6, 6.07) is 15.2. The highest BCUT2D eigenvalue weighted by atomic mass is 16.1. The van der Waals surface area contributed by atoms with Crippen molar-refractivity contribution < 1.29 is 4.79 Å². The lowest BCUT2D eigenvalue weighted by Gasteiger charge is -2.19. The molecule has 2 aromatic carbocycles. The Morgan fingerprint density at radius 3 is 2.20 bits per heavy atom. The number of primary amides is 1. The van der Waals surface area contributed by atoms with Gasteiger partial charge in [0.25, 0.3) is 0 Å². The van der Waals surface area contributed by atoms with E-state index in [1.54, 1.807) is 6.07 Å². The standard InChI is InChI=1S/C16H19N3O/c1-19(11-13-7-3-5-9-15(13)17)10-12-6-2-4-8-14(12)16(18)20/h2-9H,10-11,17H2,1H3,(H2,18,20). The second-order valence-corrected chi connectivity index (χ2v) is 4.89. The van der Waals surface area contributed by atoms with E-state index >= 15 is 0 Å². The van der Waals surface area contributed by atoms with Crippen LogP contribution in [0.1, 0.15) is 21.5 Å². The Bertz CT molecular complexity index is 610. The van der Waals surface area contributed by atoms with Gasteiger partial charge in [0.15, 0.2) is 0 Å². The molecule has 20 heavy (non-hydrogen) atoms. The van der Waals surface area contributed by atoms with Crippen molar-refractivity contribution in [1.29, 1.82) is 0 Å². The molecule has 0 heterocycles. The predicted molar refractivity (Wildman–Crippen MR) is 81.0 cm³/mol. The van der Waals surface area contributed by atoms with Crippen LogP contribution in [-0.4, -0.2) is 17.9 Å². The molecule has 2 rings (SSSR count). The number of para-hydroxylation sites is 1. The number of amides is 1. The fourth-order valence-electron chi connectivity index (χ4n) is 2.21. The highest BCUT2D eigenvalue weighted by molar-refractivity contribution is 5.94. The molecular formula is C16H19N3O. The Morgan fingerprint density at radius 1 is 1.00 bits per heavy atom. The molecule has 0 saturated heterocycles. The fourth-order valence-corrected chi connectivity index (χ4v) is 2.21. The Morgan fingerprint density at radius 2 is 1.55 bits per heavy atom. The van der Waals surface area contributed by atoms with Gasteiger partial charge in [0.05, 0.1) is 0 Å². The minimum atomic E-state index is -0.395. The van der Waals surface area contributed by atoms with Gasteiger partial charge in [-0.25, -0.2) is 0 Å². The van der Waals surface area contributed by atoms with Crippen molar-refractivity contribution >= 4 is 11.6 Å². The first kappa shape index (κ1) is 14.1. The molecule has 0 unspecified atom stereocenters. The molecular weight excluding hydrogens is 250 g/mol. The van der Waals surface area contributed by atoms with Gasteiger partial charge in [0.2, 0.25) is 5.91 Å². The monoisotopic (exact) mass is 269 g/mol. The first-order valence-electron chi connectivity index (χ1n) is 6.47. The molecule has 0 aliphatic heterocycles. The number of nitrogen functional groups attached to an aromatic ring is 1. The largest absolute Gasteiger partial charge is 0.398 e. The summed E-state index contributed by atoms with van der Waals surface area (Å²) in [5.74, 6) is -0.395. The molecule has 4 heteroatoms. The van der Waals surface area contributed by atoms with Gasteiger partial charge in [-0.1, -0.05) is 36.4 Å². The van der Waals surface area contributed by atoms with Crippen molar-refractivity contribution in [2.24, 2.45) is 5.73 Å². The highest BCUT2D eigenvalue weighted by Gasteiger charge is 2.10. The fraction of sp³-hybridized carbons (Fsp3) is 0.188. The van der Waals surface area contributed by atoms with E-state index in [0.717, 1.165) is 23.4 Å². The number of hydrogen-bond acceptors (Lipinski definition) is 3. The smallest absolute Gasteiger partial charge is 0.249 e. The number of benzene rings is 2. The van der Waals surface area contributed by atoms with E-state index < -0.39 is 5.91 Å². The molecule has 0 bridgehead atoms. The van der Waals surface area contributed by atoms with Crippen molar-refractivity contribution in [1.82, 2.24) is 4.90 Å². The van der Waals surface area contributed by atoms with E-state index in [4.69, 9.17) is 11.5 Å². The molecule has 4 N–H and O–H groups in total. The van der Waals surface area contributed by atoms with Crippen LogP contribution in [0.2, 0.25) is 0 Å². The Labute approximate surface area is 119 Å². The van der Waals surface area contributed by atoms with Gasteiger partial charge in [-0.15, -0.1) is 0 Å². The van der Waals surface area contributed by atoms with Crippen molar-refractivity contribution in [2.75, 3.05) is 12.8 Å². The maximum absolute atomic E-state index is 11.4. The Hall–Kier alpha value is -2.33. The summed E-state index contributed by atoms with van der Waals surface area (Å²) in [5, 5.41) is 0. The third-order valence-electron chi connectivity index (χ3n) is 3.22. The van der Waals surface area contributed by atoms with Crippen molar-refractivity contribution in [2.45, 2.75) is 13.1 Å². The van der Waals surface area contributed by atoms with Crippen LogP contribution in [0.25, 0.3) is 0 Å². The van der Waals surface area contributed by atoms with E-state index in [-0.39, 0.29) is 0 Å². The predicted octanol–water partition coefficient (Wildman–Crippen LogP) is 2.00. The van der Waals surface area contributed by atoms with Gasteiger partial charge in [-0.3, -0.25) is 9.69 Å². The molecule has 1 amide bonds. The zero-order valence-electron chi connectivity index (χ0n) is 11.5. The molecule has 0 atom stereocenters. The van der Waals surface area contributed by atoms with Crippen LogP contribution in [0, 0.1) is 0 Å². The molecule has 0 spiro atoms. The van der Waals surface area contributed by atoms with Crippen LogP contribution < -0.4 is 11.5 Å². The lowest BCUT2D eigenvalue weighted by Crippen LogP contribution is -2.21. The molecule has 0 saturated carbocycles. The van der Waals surface area contributed by atoms with Crippen molar-refractivity contribution in [3.05, 3.63) is 65.2 Å². The van der Waals surface area contributed by atoms with Crippen LogP contribution in [0.4, 0.5) is 5.69 Å². The second kappa shape index (κ2) is 6.21. The van der Waals surface area contributed by atoms with E-state index in [2.05, 4.69) is 4.90 Å². The summed E-state index contributed by atoms with van der Waals surface area (Å²) in [7, 11) is 1.99. The Kier molecular flexibility index (Phi) is 4.38. The third kappa shape index (κ3) is 3.36. The maximum atomic E-state index is 11.4. The zero-order valence-corrected chi connectivity index (χ0v) is 11.5. The molecule has 2 aromatic rings. The van der Waals surface area contributed by atoms with Crippen molar-refractivity contribution in [3.8, 4) is 0 Å². The average Bonchev–Trinajstić information content (AvgIpc) is 2.41.